The van der Waals surface area contributed by atoms with Gasteiger partial charge in [0.05, 0.1) is 26.2 Å². The van der Waals surface area contributed by atoms with Crippen LogP contribution in [0.2, 0.25) is 10.0 Å². The molecule has 2 amide bonds. The van der Waals surface area contributed by atoms with Crippen molar-refractivity contribution >= 4 is 63.8 Å². The first-order chi connectivity index (χ1) is 15.3. The second kappa shape index (κ2) is 9.16. The number of halogens is 3. The maximum atomic E-state index is 13.0. The molecule has 3 aromatic carbocycles. The lowest BCUT2D eigenvalue weighted by molar-refractivity contribution is -0.113. The molecule has 1 aliphatic rings. The molecule has 0 aliphatic carbocycles. The van der Waals surface area contributed by atoms with E-state index in [0.717, 1.165) is 16.7 Å². The number of thioether (sulfide) groups is 1. The van der Waals surface area contributed by atoms with Crippen molar-refractivity contribution in [2.45, 2.75) is 0 Å². The number of hydrogen-bond acceptors (Lipinski definition) is 5. The highest BCUT2D eigenvalue weighted by Crippen LogP contribution is 2.37. The van der Waals surface area contributed by atoms with E-state index in [1.807, 2.05) is 0 Å². The Hall–Kier alpha value is -3.13. The fourth-order valence-electron chi connectivity index (χ4n) is 2.85. The third-order valence-electron chi connectivity index (χ3n) is 4.42. The van der Waals surface area contributed by atoms with Gasteiger partial charge in [0.2, 0.25) is 0 Å². The van der Waals surface area contributed by atoms with Crippen LogP contribution in [0, 0.1) is 5.82 Å². The zero-order valence-electron chi connectivity index (χ0n) is 16.1. The minimum atomic E-state index is -0.625. The highest BCUT2D eigenvalue weighted by atomic mass is 35.5. The number of rotatable bonds is 4. The minimum absolute atomic E-state index is 0.214. The molecule has 1 saturated heterocycles. The quantitative estimate of drug-likeness (QED) is 0.236. The molecule has 0 N–H and O–H groups in total. The van der Waals surface area contributed by atoms with Crippen molar-refractivity contribution in [3.05, 3.63) is 98.6 Å². The van der Waals surface area contributed by atoms with Crippen LogP contribution in [0.25, 0.3) is 6.08 Å². The molecular weight excluding hydrogens is 476 g/mol. The molecule has 4 rings (SSSR count). The van der Waals surface area contributed by atoms with Crippen LogP contribution in [0.1, 0.15) is 15.9 Å². The normalized spacial score (nSPS) is 14.8. The molecular formula is C23H12Cl2FNO4S. The van der Waals surface area contributed by atoms with Gasteiger partial charge in [0, 0.05) is 0 Å². The van der Waals surface area contributed by atoms with Crippen molar-refractivity contribution in [3.63, 3.8) is 0 Å². The van der Waals surface area contributed by atoms with Gasteiger partial charge in [-0.2, -0.15) is 0 Å². The standard InChI is InChI=1S/C23H12Cl2FNO4S/c24-18-10-7-16(12-19(18)25)27-21(28)20(32-23(27)30)11-13-1-8-17(9-2-13)31-22(29)14-3-5-15(26)6-4-14/h1-12H/b20-11-. The lowest BCUT2D eigenvalue weighted by Crippen LogP contribution is -2.27. The van der Waals surface area contributed by atoms with E-state index < -0.39 is 22.9 Å². The molecule has 3 aromatic rings. The maximum Gasteiger partial charge on any atom is 0.343 e. The van der Waals surface area contributed by atoms with Gasteiger partial charge in [0.1, 0.15) is 11.6 Å². The second-order valence-corrected chi connectivity index (χ2v) is 8.39. The number of carbonyl (C=O) groups is 3. The molecule has 0 spiro atoms. The first-order valence-corrected chi connectivity index (χ1v) is 10.7. The fourth-order valence-corrected chi connectivity index (χ4v) is 3.98. The monoisotopic (exact) mass is 487 g/mol. The molecule has 0 atom stereocenters. The van der Waals surface area contributed by atoms with Crippen LogP contribution < -0.4 is 9.64 Å². The van der Waals surface area contributed by atoms with Gasteiger partial charge >= 0.3 is 5.97 Å². The molecule has 1 heterocycles. The van der Waals surface area contributed by atoms with Crippen LogP contribution in [0.4, 0.5) is 14.9 Å². The Kier molecular flexibility index (Phi) is 6.32. The predicted octanol–water partition coefficient (Wildman–Crippen LogP) is 6.59. The first kappa shape index (κ1) is 22.1. The van der Waals surface area contributed by atoms with Gasteiger partial charge in [-0.15, -0.1) is 0 Å². The van der Waals surface area contributed by atoms with E-state index in [1.54, 1.807) is 30.3 Å². The van der Waals surface area contributed by atoms with Gasteiger partial charge in [-0.3, -0.25) is 9.59 Å². The van der Waals surface area contributed by atoms with Crippen molar-refractivity contribution in [2.24, 2.45) is 0 Å². The van der Waals surface area contributed by atoms with E-state index in [9.17, 15) is 18.8 Å². The molecule has 0 saturated carbocycles. The lowest BCUT2D eigenvalue weighted by atomic mass is 10.2. The average Bonchev–Trinajstić information content (AvgIpc) is 3.05. The number of imide groups is 1. The van der Waals surface area contributed by atoms with Crippen LogP contribution in [0.5, 0.6) is 5.75 Å². The lowest BCUT2D eigenvalue weighted by Gasteiger charge is -2.13. The van der Waals surface area contributed by atoms with E-state index in [-0.39, 0.29) is 21.2 Å². The second-order valence-electron chi connectivity index (χ2n) is 6.58. The highest BCUT2D eigenvalue weighted by molar-refractivity contribution is 8.19. The number of ether oxygens (including phenoxy) is 1. The van der Waals surface area contributed by atoms with Crippen LogP contribution in [0.15, 0.2) is 71.6 Å². The number of hydrogen-bond donors (Lipinski definition) is 0. The molecule has 0 radical (unpaired) electrons. The number of benzene rings is 3. The van der Waals surface area contributed by atoms with Crippen molar-refractivity contribution in [2.75, 3.05) is 4.90 Å². The van der Waals surface area contributed by atoms with Gasteiger partial charge in [-0.1, -0.05) is 35.3 Å². The minimum Gasteiger partial charge on any atom is -0.423 e. The van der Waals surface area contributed by atoms with E-state index in [4.69, 9.17) is 27.9 Å². The molecule has 32 heavy (non-hydrogen) atoms. The molecule has 0 unspecified atom stereocenters. The first-order valence-electron chi connectivity index (χ1n) is 9.12. The Balaban J connectivity index is 1.48. The molecule has 0 bridgehead atoms. The van der Waals surface area contributed by atoms with Crippen molar-refractivity contribution in [1.29, 1.82) is 0 Å². The van der Waals surface area contributed by atoms with Gasteiger partial charge in [0.25, 0.3) is 11.1 Å². The SMILES string of the molecule is O=C(Oc1ccc(/C=C2\SC(=O)N(c3ccc(Cl)c(Cl)c3)C2=O)cc1)c1ccc(F)cc1. The van der Waals surface area contributed by atoms with Crippen molar-refractivity contribution in [1.82, 2.24) is 0 Å². The fraction of sp³-hybridized carbons (Fsp3) is 0. The van der Waals surface area contributed by atoms with Crippen LogP contribution in [-0.4, -0.2) is 17.1 Å². The van der Waals surface area contributed by atoms with Crippen LogP contribution >= 0.6 is 35.0 Å². The summed E-state index contributed by atoms with van der Waals surface area (Å²) in [6.07, 6.45) is 1.56. The third-order valence-corrected chi connectivity index (χ3v) is 6.03. The largest absolute Gasteiger partial charge is 0.423 e. The summed E-state index contributed by atoms with van der Waals surface area (Å²) in [7, 11) is 0. The van der Waals surface area contributed by atoms with Crippen molar-refractivity contribution in [3.8, 4) is 5.75 Å². The predicted molar refractivity (Wildman–Crippen MR) is 123 cm³/mol. The van der Waals surface area contributed by atoms with Gasteiger partial charge in [-0.05, 0) is 78.0 Å². The Labute approximate surface area is 196 Å². The third kappa shape index (κ3) is 4.70. The number of esters is 1. The van der Waals surface area contributed by atoms with Gasteiger partial charge in [-0.25, -0.2) is 14.1 Å². The van der Waals surface area contributed by atoms with E-state index >= 15 is 0 Å². The summed E-state index contributed by atoms with van der Waals surface area (Å²) in [6, 6.07) is 15.9. The molecule has 5 nitrogen and oxygen atoms in total. The number of carbonyl (C=O) groups excluding carboxylic acids is 3. The zero-order valence-corrected chi connectivity index (χ0v) is 18.4. The maximum absolute atomic E-state index is 13.0. The number of anilines is 1. The molecule has 9 heteroatoms. The van der Waals surface area contributed by atoms with E-state index in [2.05, 4.69) is 0 Å². The average molecular weight is 488 g/mol. The number of amides is 2. The Morgan fingerprint density at radius 1 is 0.938 bits per heavy atom. The van der Waals surface area contributed by atoms with Gasteiger partial charge < -0.3 is 4.74 Å². The van der Waals surface area contributed by atoms with Crippen LogP contribution in [0.3, 0.4) is 0 Å². The summed E-state index contributed by atoms with van der Waals surface area (Å²) in [5, 5.41) is 0.0978. The topological polar surface area (TPSA) is 63.7 Å². The Bertz CT molecular complexity index is 1260. The summed E-state index contributed by atoms with van der Waals surface area (Å²) in [4.78, 5) is 38.5. The molecule has 1 fully saturated rings. The Morgan fingerprint density at radius 3 is 2.28 bits per heavy atom. The van der Waals surface area contributed by atoms with Gasteiger partial charge in [0.15, 0.2) is 0 Å². The summed E-state index contributed by atoms with van der Waals surface area (Å²) in [5.41, 5.74) is 1.17. The van der Waals surface area contributed by atoms with Crippen molar-refractivity contribution < 1.29 is 23.5 Å². The summed E-state index contributed by atoms with van der Waals surface area (Å²) < 4.78 is 18.2. The number of nitrogens with zero attached hydrogens (tertiary/aromatic N) is 1. The Morgan fingerprint density at radius 2 is 1.62 bits per heavy atom. The molecule has 0 aromatic heterocycles. The smallest absolute Gasteiger partial charge is 0.343 e. The summed E-state index contributed by atoms with van der Waals surface area (Å²) in [5.74, 6) is -1.28. The van der Waals surface area contributed by atoms with Crippen LogP contribution in [-0.2, 0) is 4.79 Å². The molecule has 1 aliphatic heterocycles. The molecule has 160 valence electrons. The summed E-state index contributed by atoms with van der Waals surface area (Å²) >= 11 is 12.7. The highest BCUT2D eigenvalue weighted by Gasteiger charge is 2.36. The summed E-state index contributed by atoms with van der Waals surface area (Å²) in [6.45, 7) is 0. The zero-order chi connectivity index (χ0) is 22.8. The van der Waals surface area contributed by atoms with E-state index in [0.29, 0.717) is 16.3 Å². The van der Waals surface area contributed by atoms with E-state index in [1.165, 1.54) is 42.5 Å².